The average molecular weight is 327 g/mol. The van der Waals surface area contributed by atoms with Gasteiger partial charge in [0.2, 0.25) is 5.91 Å². The molecule has 132 valence electrons. The van der Waals surface area contributed by atoms with E-state index >= 15 is 0 Å². The number of nitrogens with zero attached hydrogens (tertiary/aromatic N) is 1. The summed E-state index contributed by atoms with van der Waals surface area (Å²) in [7, 11) is 3.43. The lowest BCUT2D eigenvalue weighted by atomic mass is 9.97. The predicted octanol–water partition coefficient (Wildman–Crippen LogP) is 0.615. The van der Waals surface area contributed by atoms with E-state index in [1.54, 1.807) is 14.1 Å². The van der Waals surface area contributed by atoms with Crippen molar-refractivity contribution in [3.8, 4) is 0 Å². The highest BCUT2D eigenvalue weighted by Gasteiger charge is 2.33. The van der Waals surface area contributed by atoms with E-state index in [1.165, 1.54) is 17.7 Å². The minimum atomic E-state index is -0.460. The number of ether oxygens (including phenoxy) is 1. The summed E-state index contributed by atoms with van der Waals surface area (Å²) in [6, 6.07) is -0.142. The maximum absolute atomic E-state index is 12.1. The van der Waals surface area contributed by atoms with Gasteiger partial charge in [-0.2, -0.15) is 0 Å². The van der Waals surface area contributed by atoms with Crippen LogP contribution in [0.2, 0.25) is 0 Å². The van der Waals surface area contributed by atoms with Gasteiger partial charge >= 0.3 is 6.03 Å². The molecule has 0 bridgehead atoms. The Kier molecular flexibility index (Phi) is 6.65. The highest BCUT2D eigenvalue weighted by molar-refractivity contribution is 5.76. The van der Waals surface area contributed by atoms with E-state index in [1.807, 2.05) is 0 Å². The maximum Gasteiger partial charge on any atom is 0.315 e. The van der Waals surface area contributed by atoms with E-state index in [0.29, 0.717) is 19.3 Å². The molecule has 0 unspecified atom stereocenters. The van der Waals surface area contributed by atoms with Crippen molar-refractivity contribution in [1.29, 1.82) is 0 Å². The molecule has 3 atom stereocenters. The fourth-order valence-corrected chi connectivity index (χ4v) is 3.29. The molecule has 0 radical (unpaired) electrons. The third-order valence-corrected chi connectivity index (χ3v) is 4.70. The second kappa shape index (κ2) is 8.49. The molecule has 0 aromatic heterocycles. The number of carbonyl (C=O) groups is 2. The lowest BCUT2D eigenvalue weighted by Gasteiger charge is -2.36. The Morgan fingerprint density at radius 2 is 1.83 bits per heavy atom. The Labute approximate surface area is 137 Å². The number of carbonyl (C=O) groups excluding carboxylic acids is 2. The Balaban J connectivity index is 1.79. The van der Waals surface area contributed by atoms with Crippen LogP contribution >= 0.6 is 0 Å². The highest BCUT2D eigenvalue weighted by Crippen LogP contribution is 2.23. The standard InChI is InChI=1S/C16H29N3O4/c1-19(2)15(21)9-12-7-8-13(14(10-20)23-12)18-16(22)17-11-5-3-4-6-11/h11-14,20H,3-10H2,1-2H3,(H2,17,18,22)/t12-,13-,14+/m0/s1. The molecule has 1 heterocycles. The molecule has 0 aromatic carbocycles. The number of amides is 3. The summed E-state index contributed by atoms with van der Waals surface area (Å²) in [4.78, 5) is 25.4. The summed E-state index contributed by atoms with van der Waals surface area (Å²) < 4.78 is 5.80. The Morgan fingerprint density at radius 3 is 2.43 bits per heavy atom. The molecule has 0 aromatic rings. The van der Waals surface area contributed by atoms with Crippen LogP contribution in [-0.2, 0) is 9.53 Å². The molecule has 0 spiro atoms. The first kappa shape index (κ1) is 18.0. The average Bonchev–Trinajstić information content (AvgIpc) is 3.01. The molecule has 2 rings (SSSR count). The van der Waals surface area contributed by atoms with Gasteiger partial charge < -0.3 is 25.4 Å². The summed E-state index contributed by atoms with van der Waals surface area (Å²) in [5.41, 5.74) is 0. The molecule has 2 aliphatic rings. The molecule has 1 saturated carbocycles. The molecule has 1 aliphatic carbocycles. The molecule has 7 heteroatoms. The van der Waals surface area contributed by atoms with Crippen LogP contribution < -0.4 is 10.6 Å². The van der Waals surface area contributed by atoms with Crippen molar-refractivity contribution >= 4 is 11.9 Å². The van der Waals surface area contributed by atoms with Gasteiger partial charge in [0, 0.05) is 20.1 Å². The quantitative estimate of drug-likeness (QED) is 0.690. The molecule has 3 amide bonds. The number of hydrogen-bond acceptors (Lipinski definition) is 4. The monoisotopic (exact) mass is 327 g/mol. The van der Waals surface area contributed by atoms with Gasteiger partial charge in [0.25, 0.3) is 0 Å². The van der Waals surface area contributed by atoms with Crippen LogP contribution in [0, 0.1) is 0 Å². The fourth-order valence-electron chi connectivity index (χ4n) is 3.29. The minimum absolute atomic E-state index is 0.0112. The third kappa shape index (κ3) is 5.35. The van der Waals surface area contributed by atoms with Gasteiger partial charge in [-0.05, 0) is 25.7 Å². The van der Waals surface area contributed by atoms with Gasteiger partial charge in [-0.15, -0.1) is 0 Å². The van der Waals surface area contributed by atoms with Crippen molar-refractivity contribution in [3.05, 3.63) is 0 Å². The van der Waals surface area contributed by atoms with E-state index in [-0.39, 0.29) is 36.7 Å². The zero-order chi connectivity index (χ0) is 16.8. The molecule has 3 N–H and O–H groups in total. The van der Waals surface area contributed by atoms with Crippen molar-refractivity contribution in [3.63, 3.8) is 0 Å². The SMILES string of the molecule is CN(C)C(=O)C[C@@H]1CC[C@H](NC(=O)NC2CCCC2)[C@@H](CO)O1. The number of aliphatic hydroxyl groups is 1. The summed E-state index contributed by atoms with van der Waals surface area (Å²) in [6.45, 7) is -0.166. The van der Waals surface area contributed by atoms with Crippen LogP contribution in [-0.4, -0.2) is 66.9 Å². The van der Waals surface area contributed by atoms with E-state index in [2.05, 4.69) is 10.6 Å². The number of urea groups is 1. The molecule has 1 saturated heterocycles. The smallest absolute Gasteiger partial charge is 0.315 e. The van der Waals surface area contributed by atoms with Gasteiger partial charge in [0.05, 0.1) is 25.2 Å². The second-order valence-corrected chi connectivity index (χ2v) is 6.75. The highest BCUT2D eigenvalue weighted by atomic mass is 16.5. The first-order chi connectivity index (χ1) is 11.0. The van der Waals surface area contributed by atoms with Crippen molar-refractivity contribution in [2.45, 2.75) is 69.2 Å². The number of hydrogen-bond donors (Lipinski definition) is 3. The van der Waals surface area contributed by atoms with Gasteiger partial charge in [0.15, 0.2) is 0 Å². The largest absolute Gasteiger partial charge is 0.394 e. The Hall–Kier alpha value is -1.34. The van der Waals surface area contributed by atoms with Crippen molar-refractivity contribution in [1.82, 2.24) is 15.5 Å². The predicted molar refractivity (Wildman–Crippen MR) is 86.0 cm³/mol. The van der Waals surface area contributed by atoms with E-state index < -0.39 is 6.10 Å². The van der Waals surface area contributed by atoms with Gasteiger partial charge in [-0.1, -0.05) is 12.8 Å². The van der Waals surface area contributed by atoms with Gasteiger partial charge in [-0.25, -0.2) is 4.79 Å². The Morgan fingerprint density at radius 1 is 1.13 bits per heavy atom. The normalized spacial score (nSPS) is 28.4. The topological polar surface area (TPSA) is 90.9 Å². The molecule has 1 aliphatic heterocycles. The van der Waals surface area contributed by atoms with Gasteiger partial charge in [0.1, 0.15) is 6.10 Å². The molecular formula is C16H29N3O4. The first-order valence-electron chi connectivity index (χ1n) is 8.53. The molecule has 2 fully saturated rings. The van der Waals surface area contributed by atoms with E-state index in [0.717, 1.165) is 12.8 Å². The number of aliphatic hydroxyl groups excluding tert-OH is 1. The van der Waals surface area contributed by atoms with Crippen LogP contribution in [0.25, 0.3) is 0 Å². The zero-order valence-corrected chi connectivity index (χ0v) is 14.1. The minimum Gasteiger partial charge on any atom is -0.394 e. The van der Waals surface area contributed by atoms with Crippen molar-refractivity contribution in [2.24, 2.45) is 0 Å². The van der Waals surface area contributed by atoms with Crippen LogP contribution in [0.5, 0.6) is 0 Å². The summed E-state index contributed by atoms with van der Waals surface area (Å²) in [5.74, 6) is 0.0112. The molecule has 7 nitrogen and oxygen atoms in total. The first-order valence-corrected chi connectivity index (χ1v) is 8.53. The van der Waals surface area contributed by atoms with E-state index in [4.69, 9.17) is 4.74 Å². The van der Waals surface area contributed by atoms with E-state index in [9.17, 15) is 14.7 Å². The molecular weight excluding hydrogens is 298 g/mol. The lowest BCUT2D eigenvalue weighted by molar-refractivity contribution is -0.137. The maximum atomic E-state index is 12.1. The summed E-state index contributed by atoms with van der Waals surface area (Å²) in [5, 5.41) is 15.4. The summed E-state index contributed by atoms with van der Waals surface area (Å²) >= 11 is 0. The van der Waals surface area contributed by atoms with Crippen LogP contribution in [0.15, 0.2) is 0 Å². The molecule has 23 heavy (non-hydrogen) atoms. The third-order valence-electron chi connectivity index (χ3n) is 4.70. The zero-order valence-electron chi connectivity index (χ0n) is 14.1. The lowest BCUT2D eigenvalue weighted by Crippen LogP contribution is -2.54. The summed E-state index contributed by atoms with van der Waals surface area (Å²) in [6.07, 6.45) is 5.45. The van der Waals surface area contributed by atoms with Crippen molar-refractivity contribution < 1.29 is 19.4 Å². The van der Waals surface area contributed by atoms with Crippen LogP contribution in [0.3, 0.4) is 0 Å². The van der Waals surface area contributed by atoms with Gasteiger partial charge in [-0.3, -0.25) is 4.79 Å². The van der Waals surface area contributed by atoms with Crippen molar-refractivity contribution in [2.75, 3.05) is 20.7 Å². The van der Waals surface area contributed by atoms with Crippen LogP contribution in [0.4, 0.5) is 4.79 Å². The Bertz CT molecular complexity index is 410. The number of nitrogens with one attached hydrogen (secondary N) is 2. The second-order valence-electron chi connectivity index (χ2n) is 6.75. The van der Waals surface area contributed by atoms with Crippen LogP contribution in [0.1, 0.15) is 44.9 Å². The fraction of sp³-hybridized carbons (Fsp3) is 0.875. The number of rotatable bonds is 5.